The number of alkyl carbamates (subject to hydrolysis) is 1. The fourth-order valence-corrected chi connectivity index (χ4v) is 2.40. The van der Waals surface area contributed by atoms with E-state index in [1.165, 1.54) is 0 Å². The normalized spacial score (nSPS) is 12.3. The Morgan fingerprint density at radius 1 is 1.27 bits per heavy atom. The zero-order chi connectivity index (χ0) is 19.3. The summed E-state index contributed by atoms with van der Waals surface area (Å²) < 4.78 is 5.27. The largest absolute Gasteiger partial charge is 0.444 e. The van der Waals surface area contributed by atoms with E-state index in [0.29, 0.717) is 12.4 Å². The summed E-state index contributed by atoms with van der Waals surface area (Å²) in [6.45, 7) is 7.95. The molecule has 1 aromatic carbocycles. The predicted molar refractivity (Wildman–Crippen MR) is 103 cm³/mol. The Balaban J connectivity index is 1.92. The molecule has 26 heavy (non-hydrogen) atoms. The molecular formula is C18H24ClN5O2. The number of nitrogens with zero attached hydrogens (tertiary/aromatic N) is 2. The molecule has 0 radical (unpaired) electrons. The lowest BCUT2D eigenvalue weighted by molar-refractivity contribution is 0.0508. The van der Waals surface area contributed by atoms with Gasteiger partial charge in [0.05, 0.1) is 6.04 Å². The standard InChI is InChI=1S/C18H24ClN5O2/c1-11(22-17(25)26-18(2,3)4)13-7-5-12(6-8-13)10-21-15-9-14(19)23-16(20)24-15/h5-9,11H,10H2,1-4H3,(H,22,25)(H3,20,21,23,24). The monoisotopic (exact) mass is 377 g/mol. The van der Waals surface area contributed by atoms with E-state index < -0.39 is 11.7 Å². The molecule has 1 heterocycles. The number of aromatic nitrogens is 2. The van der Waals surface area contributed by atoms with Gasteiger partial charge in [0.2, 0.25) is 5.95 Å². The van der Waals surface area contributed by atoms with Crippen LogP contribution in [0.2, 0.25) is 5.15 Å². The smallest absolute Gasteiger partial charge is 0.408 e. The summed E-state index contributed by atoms with van der Waals surface area (Å²) in [7, 11) is 0. The Hall–Kier alpha value is -2.54. The summed E-state index contributed by atoms with van der Waals surface area (Å²) in [5, 5.41) is 6.25. The molecule has 8 heteroatoms. The molecule has 0 spiro atoms. The van der Waals surface area contributed by atoms with E-state index in [1.807, 2.05) is 52.0 Å². The molecule has 2 rings (SSSR count). The van der Waals surface area contributed by atoms with Crippen LogP contribution in [0.3, 0.4) is 0 Å². The van der Waals surface area contributed by atoms with Crippen molar-refractivity contribution in [3.05, 3.63) is 46.6 Å². The zero-order valence-electron chi connectivity index (χ0n) is 15.3. The highest BCUT2D eigenvalue weighted by atomic mass is 35.5. The van der Waals surface area contributed by atoms with E-state index in [2.05, 4.69) is 20.6 Å². The number of anilines is 2. The number of hydrogen-bond donors (Lipinski definition) is 3. The van der Waals surface area contributed by atoms with Crippen molar-refractivity contribution in [3.63, 3.8) is 0 Å². The minimum Gasteiger partial charge on any atom is -0.444 e. The molecule has 1 unspecified atom stereocenters. The molecule has 0 bridgehead atoms. The van der Waals surface area contributed by atoms with Gasteiger partial charge in [0.25, 0.3) is 0 Å². The first kappa shape index (κ1) is 19.8. The molecule has 0 saturated heterocycles. The van der Waals surface area contributed by atoms with Crippen LogP contribution in [0.5, 0.6) is 0 Å². The number of nitrogens with one attached hydrogen (secondary N) is 2. The third kappa shape index (κ3) is 6.40. The summed E-state index contributed by atoms with van der Waals surface area (Å²) in [5.74, 6) is 0.684. The van der Waals surface area contributed by atoms with Gasteiger partial charge in [-0.25, -0.2) is 9.78 Å². The first-order valence-electron chi connectivity index (χ1n) is 8.24. The second-order valence-corrected chi connectivity index (χ2v) is 7.28. The van der Waals surface area contributed by atoms with Crippen molar-refractivity contribution in [2.45, 2.75) is 45.9 Å². The van der Waals surface area contributed by atoms with Gasteiger partial charge in [0.15, 0.2) is 0 Å². The number of rotatable bonds is 5. The SMILES string of the molecule is CC(NC(=O)OC(C)(C)C)c1ccc(CNc2cc(Cl)nc(N)n2)cc1. The maximum absolute atomic E-state index is 11.8. The van der Waals surface area contributed by atoms with Crippen molar-refractivity contribution in [2.24, 2.45) is 0 Å². The van der Waals surface area contributed by atoms with Crippen LogP contribution in [0.25, 0.3) is 0 Å². The van der Waals surface area contributed by atoms with E-state index in [0.717, 1.165) is 11.1 Å². The number of nitrogens with two attached hydrogens (primary N) is 1. The number of halogens is 1. The summed E-state index contributed by atoms with van der Waals surface area (Å²) in [4.78, 5) is 19.7. The van der Waals surface area contributed by atoms with Gasteiger partial charge in [0.1, 0.15) is 16.6 Å². The maximum Gasteiger partial charge on any atom is 0.408 e. The molecule has 0 fully saturated rings. The van der Waals surface area contributed by atoms with Crippen molar-refractivity contribution in [1.82, 2.24) is 15.3 Å². The molecule has 1 atom stereocenters. The van der Waals surface area contributed by atoms with Crippen LogP contribution >= 0.6 is 11.6 Å². The predicted octanol–water partition coefficient (Wildman–Crippen LogP) is 3.91. The average Bonchev–Trinajstić information content (AvgIpc) is 2.50. The molecule has 0 aliphatic carbocycles. The lowest BCUT2D eigenvalue weighted by atomic mass is 10.1. The van der Waals surface area contributed by atoms with Gasteiger partial charge in [-0.2, -0.15) is 4.98 Å². The first-order valence-corrected chi connectivity index (χ1v) is 8.62. The fourth-order valence-electron chi connectivity index (χ4n) is 2.21. The quantitative estimate of drug-likeness (QED) is 0.683. The second-order valence-electron chi connectivity index (χ2n) is 6.90. The number of benzene rings is 1. The number of ether oxygens (including phenoxy) is 1. The highest BCUT2D eigenvalue weighted by molar-refractivity contribution is 6.29. The number of carbonyl (C=O) groups is 1. The molecule has 0 aliphatic heterocycles. The molecule has 140 valence electrons. The molecule has 0 aliphatic rings. The van der Waals surface area contributed by atoms with Gasteiger partial charge in [-0.05, 0) is 38.8 Å². The summed E-state index contributed by atoms with van der Waals surface area (Å²) in [6, 6.07) is 9.32. The van der Waals surface area contributed by atoms with Crippen molar-refractivity contribution in [1.29, 1.82) is 0 Å². The number of nitrogen functional groups attached to an aromatic ring is 1. The van der Waals surface area contributed by atoms with Crippen LogP contribution in [-0.4, -0.2) is 21.7 Å². The third-order valence-corrected chi connectivity index (χ3v) is 3.59. The van der Waals surface area contributed by atoms with E-state index >= 15 is 0 Å². The van der Waals surface area contributed by atoms with Gasteiger partial charge >= 0.3 is 6.09 Å². The lowest BCUT2D eigenvalue weighted by Gasteiger charge is -2.22. The summed E-state index contributed by atoms with van der Waals surface area (Å²) in [5.41, 5.74) is 7.08. The summed E-state index contributed by atoms with van der Waals surface area (Å²) in [6.07, 6.45) is -0.436. The van der Waals surface area contributed by atoms with E-state index in [-0.39, 0.29) is 17.1 Å². The Labute approximate surface area is 158 Å². The number of carbonyl (C=O) groups excluding carboxylic acids is 1. The highest BCUT2D eigenvalue weighted by Gasteiger charge is 2.18. The molecule has 7 nitrogen and oxygen atoms in total. The molecular weight excluding hydrogens is 354 g/mol. The van der Waals surface area contributed by atoms with Crippen molar-refractivity contribution < 1.29 is 9.53 Å². The van der Waals surface area contributed by atoms with E-state index in [9.17, 15) is 4.79 Å². The van der Waals surface area contributed by atoms with Gasteiger partial charge in [0, 0.05) is 12.6 Å². The van der Waals surface area contributed by atoms with Crippen molar-refractivity contribution in [3.8, 4) is 0 Å². The van der Waals surface area contributed by atoms with Crippen LogP contribution in [0.1, 0.15) is 44.9 Å². The zero-order valence-corrected chi connectivity index (χ0v) is 16.1. The van der Waals surface area contributed by atoms with Crippen molar-refractivity contribution >= 4 is 29.5 Å². The Bertz CT molecular complexity index is 739. The second kappa shape index (κ2) is 8.23. The molecule has 4 N–H and O–H groups in total. The lowest BCUT2D eigenvalue weighted by Crippen LogP contribution is -2.34. The van der Waals surface area contributed by atoms with E-state index in [1.54, 1.807) is 6.07 Å². The van der Waals surface area contributed by atoms with Crippen LogP contribution in [0, 0.1) is 0 Å². The third-order valence-electron chi connectivity index (χ3n) is 3.40. The van der Waals surface area contributed by atoms with Crippen LogP contribution in [0.15, 0.2) is 30.3 Å². The van der Waals surface area contributed by atoms with Crippen LogP contribution in [0.4, 0.5) is 16.6 Å². The molecule has 1 amide bonds. The van der Waals surface area contributed by atoms with Crippen LogP contribution in [-0.2, 0) is 11.3 Å². The Morgan fingerprint density at radius 2 is 1.92 bits per heavy atom. The number of amides is 1. The highest BCUT2D eigenvalue weighted by Crippen LogP contribution is 2.17. The Morgan fingerprint density at radius 3 is 2.50 bits per heavy atom. The van der Waals surface area contributed by atoms with Crippen LogP contribution < -0.4 is 16.4 Å². The Kier molecular flexibility index (Phi) is 6.26. The fraction of sp³-hybridized carbons (Fsp3) is 0.389. The summed E-state index contributed by atoms with van der Waals surface area (Å²) >= 11 is 5.85. The van der Waals surface area contributed by atoms with Gasteiger partial charge in [-0.15, -0.1) is 0 Å². The minimum absolute atomic E-state index is 0.123. The average molecular weight is 378 g/mol. The topological polar surface area (TPSA) is 102 Å². The van der Waals surface area contributed by atoms with E-state index in [4.69, 9.17) is 22.1 Å². The van der Waals surface area contributed by atoms with Gasteiger partial charge < -0.3 is 21.1 Å². The first-order chi connectivity index (χ1) is 12.1. The molecule has 1 aromatic heterocycles. The van der Waals surface area contributed by atoms with Crippen molar-refractivity contribution in [2.75, 3.05) is 11.1 Å². The van der Waals surface area contributed by atoms with Gasteiger partial charge in [-0.1, -0.05) is 35.9 Å². The van der Waals surface area contributed by atoms with Gasteiger partial charge in [-0.3, -0.25) is 0 Å². The molecule has 2 aromatic rings. The number of hydrogen-bond acceptors (Lipinski definition) is 6. The minimum atomic E-state index is -0.521. The molecule has 0 saturated carbocycles. The maximum atomic E-state index is 11.8.